The lowest BCUT2D eigenvalue weighted by molar-refractivity contribution is -0.154. The Hall–Kier alpha value is -2.30. The smallest absolute Gasteiger partial charge is 0.408 e. The second kappa shape index (κ2) is 8.60. The molecular formula is C18H25F3N4O4. The molecule has 1 unspecified atom stereocenters. The quantitative estimate of drug-likeness (QED) is 0.705. The van der Waals surface area contributed by atoms with Crippen LogP contribution >= 0.6 is 0 Å². The molecule has 1 fully saturated rings. The summed E-state index contributed by atoms with van der Waals surface area (Å²) in [6.07, 6.45) is -4.17. The fourth-order valence-corrected chi connectivity index (χ4v) is 3.69. The predicted octanol–water partition coefficient (Wildman–Crippen LogP) is 1.78. The largest absolute Gasteiger partial charge is 0.469 e. The molecule has 0 bridgehead atoms. The minimum absolute atomic E-state index is 0.0473. The Balaban J connectivity index is 1.87. The fraction of sp³-hybridized carbons (Fsp3) is 0.722. The van der Waals surface area contributed by atoms with Gasteiger partial charge in [0.1, 0.15) is 11.9 Å². The van der Waals surface area contributed by atoms with Gasteiger partial charge in [-0.15, -0.1) is 0 Å². The van der Waals surface area contributed by atoms with Crippen molar-refractivity contribution in [2.24, 2.45) is 5.92 Å². The molecule has 1 aromatic heterocycles. The van der Waals surface area contributed by atoms with Crippen molar-refractivity contribution >= 4 is 17.7 Å². The maximum absolute atomic E-state index is 13.6. The van der Waals surface area contributed by atoms with Crippen LogP contribution < -0.4 is 15.8 Å². The number of anilines is 2. The Morgan fingerprint density at radius 2 is 2.17 bits per heavy atom. The number of fused-ring (bicyclic) bond motifs is 1. The Morgan fingerprint density at radius 3 is 2.79 bits per heavy atom. The van der Waals surface area contributed by atoms with E-state index in [2.05, 4.69) is 22.0 Å². The van der Waals surface area contributed by atoms with E-state index in [1.165, 1.54) is 17.7 Å². The van der Waals surface area contributed by atoms with Crippen LogP contribution in [0.4, 0.5) is 24.9 Å². The summed E-state index contributed by atoms with van der Waals surface area (Å²) in [7, 11) is 1.17. The molecule has 2 aliphatic rings. The summed E-state index contributed by atoms with van der Waals surface area (Å²) in [5, 5.41) is 3.01. The molecule has 0 amide bonds. The topological polar surface area (TPSA) is 85.7 Å². The molecule has 29 heavy (non-hydrogen) atoms. The van der Waals surface area contributed by atoms with Crippen molar-refractivity contribution in [2.45, 2.75) is 51.1 Å². The van der Waals surface area contributed by atoms with Crippen LogP contribution in [-0.2, 0) is 20.8 Å². The first-order valence-electron chi connectivity index (χ1n) is 9.58. The van der Waals surface area contributed by atoms with Gasteiger partial charge in [-0.25, -0.2) is 0 Å². The number of nitrogens with one attached hydrogen (secondary N) is 1. The average molecular weight is 418 g/mol. The highest BCUT2D eigenvalue weighted by Crippen LogP contribution is 2.34. The molecule has 3 heterocycles. The van der Waals surface area contributed by atoms with Crippen molar-refractivity contribution in [3.05, 3.63) is 16.4 Å². The molecule has 0 radical (unpaired) electrons. The molecule has 1 aromatic rings. The highest BCUT2D eigenvalue weighted by Gasteiger charge is 2.46. The molecule has 3 rings (SSSR count). The highest BCUT2D eigenvalue weighted by molar-refractivity contribution is 5.70. The zero-order valence-electron chi connectivity index (χ0n) is 16.4. The van der Waals surface area contributed by atoms with Crippen molar-refractivity contribution in [1.82, 2.24) is 9.55 Å². The molecule has 162 valence electrons. The fourth-order valence-electron chi connectivity index (χ4n) is 3.69. The third-order valence-electron chi connectivity index (χ3n) is 5.43. The van der Waals surface area contributed by atoms with Gasteiger partial charge in [0.15, 0.2) is 0 Å². The number of alkyl halides is 3. The van der Waals surface area contributed by atoms with E-state index in [9.17, 15) is 22.8 Å². The van der Waals surface area contributed by atoms with E-state index in [0.29, 0.717) is 19.1 Å². The van der Waals surface area contributed by atoms with Crippen LogP contribution in [0.25, 0.3) is 0 Å². The number of hydrogen-bond acceptors (Lipinski definition) is 7. The molecule has 0 aliphatic carbocycles. The molecular weight excluding hydrogens is 393 g/mol. The minimum Gasteiger partial charge on any atom is -0.469 e. The van der Waals surface area contributed by atoms with Gasteiger partial charge in [0.05, 0.1) is 19.6 Å². The summed E-state index contributed by atoms with van der Waals surface area (Å²) >= 11 is 0. The van der Waals surface area contributed by atoms with Crippen molar-refractivity contribution < 1.29 is 27.4 Å². The molecule has 2 aliphatic heterocycles. The number of methoxy groups -OCH3 is 1. The van der Waals surface area contributed by atoms with E-state index >= 15 is 0 Å². The van der Waals surface area contributed by atoms with Crippen molar-refractivity contribution in [3.63, 3.8) is 0 Å². The maximum atomic E-state index is 13.6. The number of esters is 1. The summed E-state index contributed by atoms with van der Waals surface area (Å²) in [5.41, 5.74) is -0.443. The lowest BCUT2D eigenvalue weighted by Gasteiger charge is -2.38. The molecule has 11 heteroatoms. The zero-order valence-corrected chi connectivity index (χ0v) is 16.4. The monoisotopic (exact) mass is 418 g/mol. The Bertz CT molecular complexity index is 798. The lowest BCUT2D eigenvalue weighted by atomic mass is 10.0. The van der Waals surface area contributed by atoms with Gasteiger partial charge in [0.2, 0.25) is 5.95 Å². The Morgan fingerprint density at radius 1 is 1.41 bits per heavy atom. The van der Waals surface area contributed by atoms with Gasteiger partial charge in [0, 0.05) is 32.3 Å². The first-order chi connectivity index (χ1) is 13.7. The van der Waals surface area contributed by atoms with E-state index in [-0.39, 0.29) is 43.8 Å². The molecule has 3 atom stereocenters. The number of aromatic nitrogens is 2. The van der Waals surface area contributed by atoms with E-state index in [0.717, 1.165) is 11.3 Å². The molecule has 0 saturated carbocycles. The van der Waals surface area contributed by atoms with Crippen molar-refractivity contribution in [2.75, 3.05) is 37.0 Å². The first kappa shape index (κ1) is 21.4. The van der Waals surface area contributed by atoms with Crippen LogP contribution in [0.2, 0.25) is 0 Å². The summed E-state index contributed by atoms with van der Waals surface area (Å²) in [5.74, 6) is -0.202. The molecule has 8 nitrogen and oxygen atoms in total. The normalized spacial score (nSPS) is 24.3. The van der Waals surface area contributed by atoms with Gasteiger partial charge in [-0.2, -0.15) is 18.2 Å². The molecule has 1 N–H and O–H groups in total. The van der Waals surface area contributed by atoms with Gasteiger partial charge < -0.3 is 19.7 Å². The van der Waals surface area contributed by atoms with Crippen LogP contribution in [0.1, 0.15) is 26.2 Å². The molecule has 1 saturated heterocycles. The Labute approximate surface area is 166 Å². The number of ether oxygens (including phenoxy) is 2. The van der Waals surface area contributed by atoms with Crippen molar-refractivity contribution in [1.29, 1.82) is 0 Å². The molecule has 0 aromatic carbocycles. The maximum Gasteiger partial charge on any atom is 0.408 e. The standard InChI is InChI=1S/C18H25F3N4O4/c1-11-5-8-29-12(11)10-22-14-9-15(26)25-6-3-13(18(19,20)21)24(17(25)23-14)7-4-16(27)28-2/h9,11-13,22H,3-8,10H2,1-2H3/t11?,12-,13+/m1/s1. The van der Waals surface area contributed by atoms with E-state index in [1.54, 1.807) is 0 Å². The third-order valence-corrected chi connectivity index (χ3v) is 5.43. The lowest BCUT2D eigenvalue weighted by Crippen LogP contribution is -2.53. The highest BCUT2D eigenvalue weighted by atomic mass is 19.4. The van der Waals surface area contributed by atoms with Crippen LogP contribution in [-0.4, -0.2) is 60.6 Å². The number of rotatable bonds is 6. The van der Waals surface area contributed by atoms with E-state index in [1.807, 2.05) is 0 Å². The first-order valence-corrected chi connectivity index (χ1v) is 9.58. The SMILES string of the molecule is COC(=O)CCN1c2nc(NC[C@H]3OCCC3C)cc(=O)n2CC[C@H]1C(F)(F)F. The van der Waals surface area contributed by atoms with E-state index < -0.39 is 23.7 Å². The number of halogens is 3. The van der Waals surface area contributed by atoms with Gasteiger partial charge in [-0.3, -0.25) is 14.2 Å². The van der Waals surface area contributed by atoms with Crippen molar-refractivity contribution in [3.8, 4) is 0 Å². The number of nitrogens with zero attached hydrogens (tertiary/aromatic N) is 3. The second-order valence-corrected chi connectivity index (χ2v) is 7.35. The number of carbonyl (C=O) groups excluding carboxylic acids is 1. The van der Waals surface area contributed by atoms with Crippen LogP contribution in [0.3, 0.4) is 0 Å². The van der Waals surface area contributed by atoms with Gasteiger partial charge >= 0.3 is 12.1 Å². The second-order valence-electron chi connectivity index (χ2n) is 7.35. The number of hydrogen-bond donors (Lipinski definition) is 1. The minimum atomic E-state index is -4.52. The van der Waals surface area contributed by atoms with Gasteiger partial charge in [-0.1, -0.05) is 6.92 Å². The summed E-state index contributed by atoms with van der Waals surface area (Å²) in [4.78, 5) is 29.2. The van der Waals surface area contributed by atoms with Crippen LogP contribution in [0.5, 0.6) is 0 Å². The van der Waals surface area contributed by atoms with E-state index in [4.69, 9.17) is 4.74 Å². The van der Waals surface area contributed by atoms with Gasteiger partial charge in [0.25, 0.3) is 5.56 Å². The van der Waals surface area contributed by atoms with Gasteiger partial charge in [-0.05, 0) is 18.8 Å². The predicted molar refractivity (Wildman–Crippen MR) is 98.9 cm³/mol. The summed E-state index contributed by atoms with van der Waals surface area (Å²) in [6, 6.07) is -0.553. The average Bonchev–Trinajstić information content (AvgIpc) is 3.08. The summed E-state index contributed by atoms with van der Waals surface area (Å²) in [6.45, 7) is 2.76. The molecule has 0 spiro atoms. The number of carbonyl (C=O) groups is 1. The van der Waals surface area contributed by atoms with Crippen LogP contribution in [0, 0.1) is 5.92 Å². The Kier molecular flexibility index (Phi) is 6.35. The third kappa shape index (κ3) is 4.82. The van der Waals surface area contributed by atoms with Crippen LogP contribution in [0.15, 0.2) is 10.9 Å². The summed E-state index contributed by atoms with van der Waals surface area (Å²) < 4.78 is 52.1. The zero-order chi connectivity index (χ0) is 21.2.